The number of fused-ring (bicyclic) bond motifs is 2. The highest BCUT2D eigenvalue weighted by atomic mass is 15.3. The molecule has 1 aliphatic heterocycles. The molecule has 1 saturated carbocycles. The first kappa shape index (κ1) is 15.5. The molecule has 3 nitrogen and oxygen atoms in total. The number of hydrogen-bond donors (Lipinski definition) is 1. The summed E-state index contributed by atoms with van der Waals surface area (Å²) in [5, 5.41) is 15.3. The molecule has 0 unspecified atom stereocenters. The Morgan fingerprint density at radius 1 is 1.08 bits per heavy atom. The van der Waals surface area contributed by atoms with E-state index in [4.69, 9.17) is 5.26 Å². The number of anilines is 1. The zero-order valence-corrected chi connectivity index (χ0v) is 14.5. The van der Waals surface area contributed by atoms with E-state index < -0.39 is 0 Å². The van der Waals surface area contributed by atoms with Gasteiger partial charge in [0, 0.05) is 29.9 Å². The zero-order chi connectivity index (χ0) is 16.7. The fourth-order valence-electron chi connectivity index (χ4n) is 4.51. The minimum atomic E-state index is 0.137. The summed E-state index contributed by atoms with van der Waals surface area (Å²) in [5.74, 6) is 0. The van der Waals surface area contributed by atoms with Crippen molar-refractivity contribution in [1.29, 1.82) is 5.26 Å². The van der Waals surface area contributed by atoms with Crippen LogP contribution >= 0.6 is 0 Å². The Bertz CT molecular complexity index is 802. The van der Waals surface area contributed by atoms with E-state index in [1.807, 2.05) is 12.1 Å². The lowest BCUT2D eigenvalue weighted by Crippen LogP contribution is -2.67. The summed E-state index contributed by atoms with van der Waals surface area (Å²) in [6, 6.07) is 16.1. The molecule has 124 valence electrons. The van der Waals surface area contributed by atoms with E-state index in [2.05, 4.69) is 54.4 Å². The lowest BCUT2D eigenvalue weighted by Gasteiger charge is -2.52. The molecule has 3 heteroatoms. The Kier molecular flexibility index (Phi) is 3.73. The molecule has 2 aliphatic rings. The van der Waals surface area contributed by atoms with Crippen LogP contribution in [0.2, 0.25) is 0 Å². The molecule has 0 spiro atoms. The van der Waals surface area contributed by atoms with Crippen molar-refractivity contribution in [3.8, 4) is 6.07 Å². The minimum absolute atomic E-state index is 0.137. The average molecular weight is 319 g/mol. The normalized spacial score (nSPS) is 26.0. The van der Waals surface area contributed by atoms with E-state index in [0.29, 0.717) is 12.1 Å². The molecule has 0 aromatic heterocycles. The quantitative estimate of drug-likeness (QED) is 0.856. The highest BCUT2D eigenvalue weighted by Crippen LogP contribution is 2.34. The van der Waals surface area contributed by atoms with Gasteiger partial charge in [0.25, 0.3) is 0 Å². The van der Waals surface area contributed by atoms with Crippen molar-refractivity contribution in [3.63, 3.8) is 0 Å². The summed E-state index contributed by atoms with van der Waals surface area (Å²) in [4.78, 5) is 2.62. The van der Waals surface area contributed by atoms with Gasteiger partial charge in [0.05, 0.1) is 11.6 Å². The van der Waals surface area contributed by atoms with E-state index in [0.717, 1.165) is 17.5 Å². The van der Waals surface area contributed by atoms with Crippen LogP contribution in [-0.4, -0.2) is 24.2 Å². The Labute approximate surface area is 144 Å². The van der Waals surface area contributed by atoms with Gasteiger partial charge in [-0.1, -0.05) is 25.0 Å². The molecule has 4 rings (SSSR count). The molecule has 24 heavy (non-hydrogen) atoms. The molecule has 2 fully saturated rings. The Morgan fingerprint density at radius 2 is 1.83 bits per heavy atom. The zero-order valence-electron chi connectivity index (χ0n) is 14.5. The van der Waals surface area contributed by atoms with Gasteiger partial charge in [0.15, 0.2) is 0 Å². The van der Waals surface area contributed by atoms with Gasteiger partial charge in [0.2, 0.25) is 0 Å². The fraction of sp³-hybridized carbons (Fsp3) is 0.476. The van der Waals surface area contributed by atoms with E-state index in [-0.39, 0.29) is 5.54 Å². The fourth-order valence-corrected chi connectivity index (χ4v) is 4.51. The second kappa shape index (κ2) is 5.79. The Hall–Kier alpha value is -2.05. The number of nitrogens with zero attached hydrogens (tertiary/aromatic N) is 2. The van der Waals surface area contributed by atoms with Crippen LogP contribution in [0.5, 0.6) is 0 Å². The van der Waals surface area contributed by atoms with Crippen LogP contribution in [0.3, 0.4) is 0 Å². The SMILES string of the molecule is CC1(C)CN(c2ccc3cc(C#N)ccc3c2)[C@H]2CCCC[C@@H]2N1. The monoisotopic (exact) mass is 319 g/mol. The van der Waals surface area contributed by atoms with Gasteiger partial charge in [-0.25, -0.2) is 0 Å². The largest absolute Gasteiger partial charge is 0.365 e. The van der Waals surface area contributed by atoms with Crippen LogP contribution in [0.25, 0.3) is 10.8 Å². The van der Waals surface area contributed by atoms with E-state index in [1.54, 1.807) is 0 Å². The van der Waals surface area contributed by atoms with Crippen LogP contribution < -0.4 is 10.2 Å². The lowest BCUT2D eigenvalue weighted by molar-refractivity contribution is 0.199. The summed E-state index contributed by atoms with van der Waals surface area (Å²) in [7, 11) is 0. The number of piperazine rings is 1. The van der Waals surface area contributed by atoms with Gasteiger partial charge in [-0.3, -0.25) is 0 Å². The maximum Gasteiger partial charge on any atom is 0.0991 e. The van der Waals surface area contributed by atoms with Gasteiger partial charge in [0.1, 0.15) is 0 Å². The van der Waals surface area contributed by atoms with Crippen molar-refractivity contribution in [2.24, 2.45) is 0 Å². The van der Waals surface area contributed by atoms with Crippen molar-refractivity contribution in [2.75, 3.05) is 11.4 Å². The molecular weight excluding hydrogens is 294 g/mol. The number of hydrogen-bond acceptors (Lipinski definition) is 3. The van der Waals surface area contributed by atoms with Gasteiger partial charge >= 0.3 is 0 Å². The van der Waals surface area contributed by atoms with Gasteiger partial charge < -0.3 is 10.2 Å². The molecule has 1 N–H and O–H groups in total. The molecule has 1 saturated heterocycles. The van der Waals surface area contributed by atoms with Gasteiger partial charge in [-0.05, 0) is 61.7 Å². The Morgan fingerprint density at radius 3 is 2.67 bits per heavy atom. The van der Waals surface area contributed by atoms with Crippen LogP contribution in [0, 0.1) is 11.3 Å². The maximum absolute atomic E-state index is 9.08. The molecule has 2 aromatic rings. The van der Waals surface area contributed by atoms with Crippen molar-refractivity contribution in [3.05, 3.63) is 42.0 Å². The Balaban J connectivity index is 1.72. The summed E-state index contributed by atoms with van der Waals surface area (Å²) < 4.78 is 0. The molecule has 0 radical (unpaired) electrons. The summed E-state index contributed by atoms with van der Waals surface area (Å²) in [6.07, 6.45) is 5.23. The summed E-state index contributed by atoms with van der Waals surface area (Å²) in [6.45, 7) is 5.66. The predicted octanol–water partition coefficient (Wildman–Crippen LogP) is 4.21. The summed E-state index contributed by atoms with van der Waals surface area (Å²) >= 11 is 0. The highest BCUT2D eigenvalue weighted by Gasteiger charge is 2.40. The van der Waals surface area contributed by atoms with Crippen LogP contribution in [0.15, 0.2) is 36.4 Å². The third kappa shape index (κ3) is 2.76. The molecular formula is C21H25N3. The molecule has 0 amide bonds. The van der Waals surface area contributed by atoms with Crippen molar-refractivity contribution in [1.82, 2.24) is 5.32 Å². The summed E-state index contributed by atoms with van der Waals surface area (Å²) in [5.41, 5.74) is 2.18. The smallest absolute Gasteiger partial charge is 0.0991 e. The number of benzene rings is 2. The average Bonchev–Trinajstić information content (AvgIpc) is 2.59. The van der Waals surface area contributed by atoms with Crippen LogP contribution in [-0.2, 0) is 0 Å². The van der Waals surface area contributed by atoms with Crippen molar-refractivity contribution in [2.45, 2.75) is 57.2 Å². The second-order valence-corrected chi connectivity index (χ2v) is 7.97. The predicted molar refractivity (Wildman–Crippen MR) is 99.3 cm³/mol. The van der Waals surface area contributed by atoms with E-state index >= 15 is 0 Å². The molecule has 1 aliphatic carbocycles. The highest BCUT2D eigenvalue weighted by molar-refractivity contribution is 5.87. The molecule has 0 bridgehead atoms. The minimum Gasteiger partial charge on any atom is -0.365 e. The van der Waals surface area contributed by atoms with Crippen LogP contribution in [0.4, 0.5) is 5.69 Å². The van der Waals surface area contributed by atoms with Crippen molar-refractivity contribution < 1.29 is 0 Å². The molecule has 1 heterocycles. The van der Waals surface area contributed by atoms with Gasteiger partial charge in [-0.15, -0.1) is 0 Å². The van der Waals surface area contributed by atoms with Crippen molar-refractivity contribution >= 4 is 16.5 Å². The standard InChI is InChI=1S/C21H25N3/c1-21(2)14-24(20-6-4-3-5-19(20)23-21)18-10-9-16-11-15(13-22)7-8-17(16)12-18/h7-12,19-20,23H,3-6,14H2,1-2H3/t19-,20-/m0/s1. The number of nitriles is 1. The topological polar surface area (TPSA) is 39.1 Å². The lowest BCUT2D eigenvalue weighted by atomic mass is 9.83. The van der Waals surface area contributed by atoms with Gasteiger partial charge in [-0.2, -0.15) is 5.26 Å². The first-order valence-corrected chi connectivity index (χ1v) is 9.04. The maximum atomic E-state index is 9.08. The van der Waals surface area contributed by atoms with E-state index in [9.17, 15) is 0 Å². The first-order valence-electron chi connectivity index (χ1n) is 9.04. The molecule has 2 atom stereocenters. The first-order chi connectivity index (χ1) is 11.6. The second-order valence-electron chi connectivity index (χ2n) is 7.97. The van der Waals surface area contributed by atoms with E-state index in [1.165, 1.54) is 36.8 Å². The number of rotatable bonds is 1. The molecule has 2 aromatic carbocycles. The third-order valence-corrected chi connectivity index (χ3v) is 5.56. The van der Waals surface area contributed by atoms with Crippen LogP contribution in [0.1, 0.15) is 45.1 Å². The third-order valence-electron chi connectivity index (χ3n) is 5.56. The number of nitrogens with one attached hydrogen (secondary N) is 1.